The summed E-state index contributed by atoms with van der Waals surface area (Å²) in [6.07, 6.45) is 5.65. The van der Waals surface area contributed by atoms with Crippen LogP contribution in [0.15, 0.2) is 24.9 Å². The second-order valence-corrected chi connectivity index (χ2v) is 4.30. The van der Waals surface area contributed by atoms with Gasteiger partial charge in [0.05, 0.1) is 0 Å². The molecule has 1 aliphatic rings. The van der Waals surface area contributed by atoms with Gasteiger partial charge in [0.1, 0.15) is 11.4 Å². The van der Waals surface area contributed by atoms with E-state index in [1.165, 1.54) is 0 Å². The van der Waals surface area contributed by atoms with Gasteiger partial charge >= 0.3 is 5.97 Å². The van der Waals surface area contributed by atoms with Crippen LogP contribution in [0.4, 0.5) is 5.82 Å². The quantitative estimate of drug-likeness (QED) is 0.791. The lowest BCUT2D eigenvalue weighted by Crippen LogP contribution is -2.28. The lowest BCUT2D eigenvalue weighted by atomic mass is 10.1. The minimum atomic E-state index is -0.916. The van der Waals surface area contributed by atoms with E-state index in [2.05, 4.69) is 11.6 Å². The van der Waals surface area contributed by atoms with Crippen molar-refractivity contribution in [3.05, 3.63) is 36.0 Å². The van der Waals surface area contributed by atoms with Gasteiger partial charge in [-0.3, -0.25) is 0 Å². The number of carbonyl (C=O) groups is 1. The molecule has 1 heterocycles. The first-order chi connectivity index (χ1) is 8.15. The second-order valence-electron chi connectivity index (χ2n) is 4.30. The van der Waals surface area contributed by atoms with Gasteiger partial charge in [-0.2, -0.15) is 0 Å². The van der Waals surface area contributed by atoms with Crippen LogP contribution < -0.4 is 4.90 Å². The average molecular weight is 232 g/mol. The first-order valence-corrected chi connectivity index (χ1v) is 5.71. The molecule has 0 amide bonds. The lowest BCUT2D eigenvalue weighted by Gasteiger charge is -2.23. The van der Waals surface area contributed by atoms with Crippen molar-refractivity contribution in [1.29, 1.82) is 0 Å². The fourth-order valence-corrected chi connectivity index (χ4v) is 1.96. The molecular weight excluding hydrogens is 216 g/mol. The average Bonchev–Trinajstić information content (AvgIpc) is 3.08. The summed E-state index contributed by atoms with van der Waals surface area (Å²) in [6.45, 7) is 6.16. The number of aromatic nitrogens is 1. The predicted octanol–water partition coefficient (Wildman–Crippen LogP) is 2.24. The molecule has 0 atom stereocenters. The molecule has 17 heavy (non-hydrogen) atoms. The minimum Gasteiger partial charge on any atom is -0.478 e. The Balaban J connectivity index is 2.44. The largest absolute Gasteiger partial charge is 0.478 e. The Morgan fingerprint density at radius 2 is 2.41 bits per heavy atom. The zero-order valence-corrected chi connectivity index (χ0v) is 9.89. The van der Waals surface area contributed by atoms with Gasteiger partial charge in [-0.25, -0.2) is 9.78 Å². The van der Waals surface area contributed by atoms with E-state index < -0.39 is 5.97 Å². The number of carboxylic acid groups (broad SMARTS) is 1. The summed E-state index contributed by atoms with van der Waals surface area (Å²) >= 11 is 0. The molecule has 0 saturated heterocycles. The third-order valence-electron chi connectivity index (χ3n) is 2.94. The van der Waals surface area contributed by atoms with Crippen molar-refractivity contribution >= 4 is 11.8 Å². The molecule has 2 rings (SSSR count). The van der Waals surface area contributed by atoms with Crippen LogP contribution in [0.3, 0.4) is 0 Å². The van der Waals surface area contributed by atoms with E-state index in [1.807, 2.05) is 4.90 Å². The maximum absolute atomic E-state index is 11.3. The Morgan fingerprint density at radius 3 is 2.94 bits per heavy atom. The van der Waals surface area contributed by atoms with Crippen molar-refractivity contribution in [2.75, 3.05) is 11.4 Å². The van der Waals surface area contributed by atoms with Gasteiger partial charge in [0.15, 0.2) is 0 Å². The summed E-state index contributed by atoms with van der Waals surface area (Å²) in [6, 6.07) is 2.15. The highest BCUT2D eigenvalue weighted by Crippen LogP contribution is 2.33. The Kier molecular flexibility index (Phi) is 3.13. The summed E-state index contributed by atoms with van der Waals surface area (Å²) < 4.78 is 0. The van der Waals surface area contributed by atoms with Crippen molar-refractivity contribution in [2.45, 2.75) is 25.8 Å². The molecule has 1 aliphatic carbocycles. The second kappa shape index (κ2) is 4.57. The molecule has 0 aliphatic heterocycles. The summed E-state index contributed by atoms with van der Waals surface area (Å²) in [5.74, 6) is -0.347. The number of rotatable bonds is 5. The number of anilines is 1. The molecule has 1 aromatic rings. The van der Waals surface area contributed by atoms with Crippen LogP contribution >= 0.6 is 0 Å². The molecule has 0 bridgehead atoms. The van der Waals surface area contributed by atoms with E-state index in [4.69, 9.17) is 0 Å². The van der Waals surface area contributed by atoms with Crippen LogP contribution in [-0.4, -0.2) is 28.6 Å². The van der Waals surface area contributed by atoms with Gasteiger partial charge in [0.2, 0.25) is 0 Å². The molecule has 1 fully saturated rings. The van der Waals surface area contributed by atoms with E-state index in [1.54, 1.807) is 25.3 Å². The number of hydrogen-bond acceptors (Lipinski definition) is 3. The SMILES string of the molecule is C=CCN(c1nccc(C)c1C(=O)O)C1CC1. The number of aromatic carboxylic acids is 1. The van der Waals surface area contributed by atoms with Gasteiger partial charge < -0.3 is 10.0 Å². The standard InChI is InChI=1S/C13H16N2O2/c1-3-8-15(10-4-5-10)12-11(13(16)17)9(2)6-7-14-12/h3,6-7,10H,1,4-5,8H2,2H3,(H,16,17). The van der Waals surface area contributed by atoms with Gasteiger partial charge in [-0.15, -0.1) is 6.58 Å². The number of aryl methyl sites for hydroxylation is 1. The van der Waals surface area contributed by atoms with Crippen molar-refractivity contribution in [3.8, 4) is 0 Å². The molecule has 4 nitrogen and oxygen atoms in total. The molecule has 0 aromatic carbocycles. The van der Waals surface area contributed by atoms with Crippen molar-refractivity contribution in [1.82, 2.24) is 4.98 Å². The van der Waals surface area contributed by atoms with E-state index in [0.29, 0.717) is 24.0 Å². The van der Waals surface area contributed by atoms with E-state index >= 15 is 0 Å². The fraction of sp³-hybridized carbons (Fsp3) is 0.385. The Bertz CT molecular complexity index is 453. The Morgan fingerprint density at radius 1 is 1.71 bits per heavy atom. The normalized spacial score (nSPS) is 14.4. The zero-order valence-electron chi connectivity index (χ0n) is 9.89. The van der Waals surface area contributed by atoms with Crippen LogP contribution in [0.2, 0.25) is 0 Å². The fourth-order valence-electron chi connectivity index (χ4n) is 1.96. The molecule has 1 N–H and O–H groups in total. The number of nitrogens with zero attached hydrogens (tertiary/aromatic N) is 2. The first kappa shape index (κ1) is 11.6. The Hall–Kier alpha value is -1.84. The highest BCUT2D eigenvalue weighted by atomic mass is 16.4. The van der Waals surface area contributed by atoms with Crippen LogP contribution in [0.25, 0.3) is 0 Å². The smallest absolute Gasteiger partial charge is 0.339 e. The van der Waals surface area contributed by atoms with Gasteiger partial charge in [0.25, 0.3) is 0 Å². The third-order valence-corrected chi connectivity index (χ3v) is 2.94. The van der Waals surface area contributed by atoms with Crippen LogP contribution in [0, 0.1) is 6.92 Å². The lowest BCUT2D eigenvalue weighted by molar-refractivity contribution is 0.0696. The molecule has 4 heteroatoms. The van der Waals surface area contributed by atoms with Gasteiger partial charge in [0, 0.05) is 18.8 Å². The third kappa shape index (κ3) is 2.30. The first-order valence-electron chi connectivity index (χ1n) is 5.71. The van der Waals surface area contributed by atoms with E-state index in [9.17, 15) is 9.90 Å². The molecule has 0 spiro atoms. The van der Waals surface area contributed by atoms with Gasteiger partial charge in [-0.1, -0.05) is 6.08 Å². The predicted molar refractivity (Wildman–Crippen MR) is 66.5 cm³/mol. The highest BCUT2D eigenvalue weighted by Gasteiger charge is 2.32. The van der Waals surface area contributed by atoms with Crippen molar-refractivity contribution in [2.24, 2.45) is 0 Å². The zero-order chi connectivity index (χ0) is 12.4. The molecule has 1 saturated carbocycles. The topological polar surface area (TPSA) is 53.4 Å². The van der Waals surface area contributed by atoms with E-state index in [-0.39, 0.29) is 0 Å². The molecule has 90 valence electrons. The maximum Gasteiger partial charge on any atom is 0.339 e. The summed E-state index contributed by atoms with van der Waals surface area (Å²) in [5, 5.41) is 9.27. The number of carboxylic acids is 1. The number of pyridine rings is 1. The van der Waals surface area contributed by atoms with Crippen molar-refractivity contribution in [3.63, 3.8) is 0 Å². The molecule has 0 radical (unpaired) electrons. The summed E-state index contributed by atoms with van der Waals surface area (Å²) in [4.78, 5) is 17.6. The maximum atomic E-state index is 11.3. The molecule has 0 unspecified atom stereocenters. The minimum absolute atomic E-state index is 0.307. The van der Waals surface area contributed by atoms with Crippen molar-refractivity contribution < 1.29 is 9.90 Å². The highest BCUT2D eigenvalue weighted by molar-refractivity contribution is 5.95. The van der Waals surface area contributed by atoms with E-state index in [0.717, 1.165) is 18.4 Å². The van der Waals surface area contributed by atoms with Crippen LogP contribution in [0.5, 0.6) is 0 Å². The van der Waals surface area contributed by atoms with Crippen LogP contribution in [-0.2, 0) is 0 Å². The number of hydrogen-bond donors (Lipinski definition) is 1. The summed E-state index contributed by atoms with van der Waals surface area (Å²) in [7, 11) is 0. The molecular formula is C13H16N2O2. The van der Waals surface area contributed by atoms with Crippen LogP contribution in [0.1, 0.15) is 28.8 Å². The summed E-state index contributed by atoms with van der Waals surface area (Å²) in [5.41, 5.74) is 1.05. The van der Waals surface area contributed by atoms with Gasteiger partial charge in [-0.05, 0) is 31.4 Å². The monoisotopic (exact) mass is 232 g/mol. The Labute approximate surface area is 101 Å². The molecule has 1 aromatic heterocycles.